The maximum Gasteiger partial charge on any atom is 0.268 e. The van der Waals surface area contributed by atoms with Gasteiger partial charge in [-0.1, -0.05) is 0 Å². The van der Waals surface area contributed by atoms with Gasteiger partial charge in [0.05, 0.1) is 31.5 Å². The number of rotatable bonds is 8. The third-order valence-electron chi connectivity index (χ3n) is 3.74. The Hall–Kier alpha value is 0.0799. The molecular weight excluding hydrogens is 337 g/mol. The summed E-state index contributed by atoms with van der Waals surface area (Å²) in [5, 5.41) is 9.67. The lowest BCUT2D eigenvalue weighted by molar-refractivity contribution is -0.234. The van der Waals surface area contributed by atoms with Crippen LogP contribution in [0, 0.1) is 0 Å². The van der Waals surface area contributed by atoms with E-state index in [1.54, 1.807) is 0 Å². The Morgan fingerprint density at radius 2 is 1.83 bits per heavy atom. The Bertz CT molecular complexity index is 454. The van der Waals surface area contributed by atoms with Gasteiger partial charge in [0.25, 0.3) is 7.82 Å². The van der Waals surface area contributed by atoms with E-state index in [9.17, 15) is 14.6 Å². The van der Waals surface area contributed by atoms with Crippen LogP contribution >= 0.6 is 7.82 Å². The van der Waals surface area contributed by atoms with Gasteiger partial charge in [0, 0.05) is 12.0 Å². The zero-order chi connectivity index (χ0) is 17.9. The molecule has 2 aliphatic rings. The summed E-state index contributed by atoms with van der Waals surface area (Å²) in [4.78, 5) is 12.0. The SMILES string of the molecule is [B]C1CC(O)C(COP(=O)([O-])OC2CC([B])OC2COC(C)C)O1. The molecule has 4 radical (unpaired) electrons. The number of aliphatic hydroxyl groups is 1. The summed E-state index contributed by atoms with van der Waals surface area (Å²) in [5.41, 5.74) is 0. The number of phosphoric ester groups is 1. The predicted molar refractivity (Wildman–Crippen MR) is 83.6 cm³/mol. The molecule has 2 aliphatic heterocycles. The molecule has 0 amide bonds. The molecule has 8 nitrogen and oxygen atoms in total. The molecule has 2 heterocycles. The number of aliphatic hydroxyl groups excluding tert-OH is 1. The van der Waals surface area contributed by atoms with Gasteiger partial charge in [0.1, 0.15) is 27.9 Å². The second-order valence-corrected chi connectivity index (χ2v) is 7.60. The van der Waals surface area contributed by atoms with Crippen LogP contribution in [-0.2, 0) is 27.8 Å². The molecule has 0 aliphatic carbocycles. The lowest BCUT2D eigenvalue weighted by Crippen LogP contribution is -2.32. The van der Waals surface area contributed by atoms with Gasteiger partial charge in [-0.3, -0.25) is 4.57 Å². The molecule has 1 N–H and O–H groups in total. The van der Waals surface area contributed by atoms with E-state index in [1.807, 2.05) is 13.8 Å². The van der Waals surface area contributed by atoms with Crippen LogP contribution in [-0.4, -0.2) is 76.5 Å². The zero-order valence-corrected chi connectivity index (χ0v) is 14.7. The third kappa shape index (κ3) is 6.11. The smallest absolute Gasteiger partial charge is 0.268 e. The number of hydrogen-bond donors (Lipinski definition) is 1. The molecule has 24 heavy (non-hydrogen) atoms. The van der Waals surface area contributed by atoms with E-state index in [-0.39, 0.29) is 32.2 Å². The first-order valence-electron chi connectivity index (χ1n) is 7.92. The molecular formula is C13H22B2O8P-. The van der Waals surface area contributed by atoms with Crippen LogP contribution in [0.15, 0.2) is 0 Å². The van der Waals surface area contributed by atoms with Crippen molar-refractivity contribution >= 4 is 23.5 Å². The fourth-order valence-electron chi connectivity index (χ4n) is 2.57. The molecule has 134 valence electrons. The van der Waals surface area contributed by atoms with Gasteiger partial charge in [-0.2, -0.15) is 0 Å². The summed E-state index contributed by atoms with van der Waals surface area (Å²) in [6.07, 6.45) is -2.70. The average Bonchev–Trinajstić information content (AvgIpc) is 2.95. The number of phosphoric acid groups is 1. The predicted octanol–water partition coefficient (Wildman–Crippen LogP) is -0.790. The Kier molecular flexibility index (Phi) is 7.34. The molecule has 0 bridgehead atoms. The summed E-state index contributed by atoms with van der Waals surface area (Å²) in [6, 6.07) is -1.27. The largest absolute Gasteiger partial charge is 0.756 e. The lowest BCUT2D eigenvalue weighted by atomic mass is 9.96. The Labute approximate surface area is 144 Å². The molecule has 0 aromatic carbocycles. The normalized spacial score (nSPS) is 39.4. The minimum Gasteiger partial charge on any atom is -0.756 e. The molecule has 0 saturated carbocycles. The van der Waals surface area contributed by atoms with Gasteiger partial charge in [-0.05, 0) is 26.7 Å². The molecule has 0 aromatic heterocycles. The van der Waals surface area contributed by atoms with E-state index in [4.69, 9.17) is 39.0 Å². The maximum absolute atomic E-state index is 12.0. The highest BCUT2D eigenvalue weighted by atomic mass is 31.2. The maximum atomic E-state index is 12.0. The first-order valence-corrected chi connectivity index (χ1v) is 9.38. The minimum atomic E-state index is -4.62. The Morgan fingerprint density at radius 3 is 2.42 bits per heavy atom. The van der Waals surface area contributed by atoms with Gasteiger partial charge < -0.3 is 33.3 Å². The van der Waals surface area contributed by atoms with Crippen molar-refractivity contribution in [3.63, 3.8) is 0 Å². The zero-order valence-electron chi connectivity index (χ0n) is 13.8. The van der Waals surface area contributed by atoms with Gasteiger partial charge in [0.15, 0.2) is 0 Å². The average molecular weight is 359 g/mol. The molecule has 2 rings (SSSR count). The van der Waals surface area contributed by atoms with Gasteiger partial charge >= 0.3 is 0 Å². The molecule has 11 heteroatoms. The van der Waals surface area contributed by atoms with Gasteiger partial charge in [-0.15, -0.1) is 0 Å². The van der Waals surface area contributed by atoms with Gasteiger partial charge in [0.2, 0.25) is 0 Å². The highest BCUT2D eigenvalue weighted by Gasteiger charge is 2.37. The summed E-state index contributed by atoms with van der Waals surface area (Å²) < 4.78 is 37.9. The number of ether oxygens (including phenoxy) is 3. The molecule has 2 fully saturated rings. The minimum absolute atomic E-state index is 0.0356. The van der Waals surface area contributed by atoms with Gasteiger partial charge in [-0.25, -0.2) is 0 Å². The summed E-state index contributed by atoms with van der Waals surface area (Å²) in [6.45, 7) is 3.49. The lowest BCUT2D eigenvalue weighted by Gasteiger charge is -2.29. The van der Waals surface area contributed by atoms with Crippen LogP contribution in [0.5, 0.6) is 0 Å². The van der Waals surface area contributed by atoms with E-state index in [1.165, 1.54) is 0 Å². The van der Waals surface area contributed by atoms with Crippen molar-refractivity contribution in [1.29, 1.82) is 0 Å². The first-order chi connectivity index (χ1) is 11.2. The van der Waals surface area contributed by atoms with Crippen molar-refractivity contribution in [3.05, 3.63) is 0 Å². The summed E-state index contributed by atoms with van der Waals surface area (Å²) in [5.74, 6) is 0. The first kappa shape index (κ1) is 20.4. The van der Waals surface area contributed by atoms with Crippen molar-refractivity contribution < 1.29 is 37.8 Å². The molecule has 0 aromatic rings. The highest BCUT2D eigenvalue weighted by molar-refractivity contribution is 7.45. The van der Waals surface area contributed by atoms with Crippen LogP contribution in [0.3, 0.4) is 0 Å². The monoisotopic (exact) mass is 359 g/mol. The van der Waals surface area contributed by atoms with Crippen LogP contribution < -0.4 is 4.89 Å². The van der Waals surface area contributed by atoms with Crippen molar-refractivity contribution in [2.24, 2.45) is 0 Å². The third-order valence-corrected chi connectivity index (χ3v) is 4.73. The van der Waals surface area contributed by atoms with E-state index < -0.39 is 44.2 Å². The van der Waals surface area contributed by atoms with Crippen LogP contribution in [0.2, 0.25) is 0 Å². The standard InChI is InChI=1S/C13H23B2O8P/c1-7(2)19-5-11-9(4-13(15)22-11)23-24(17,18)20-6-10-8(16)3-12(14)21-10/h7-13,16H,3-6H2,1-2H3,(H,17,18)/p-1. The second kappa shape index (κ2) is 8.64. The quantitative estimate of drug-likeness (QED) is 0.444. The molecule has 0 spiro atoms. The van der Waals surface area contributed by atoms with E-state index in [0.717, 1.165) is 0 Å². The summed E-state index contributed by atoms with van der Waals surface area (Å²) in [7, 11) is 6.58. The fourth-order valence-corrected chi connectivity index (χ4v) is 3.51. The topological polar surface area (TPSA) is 107 Å². The Morgan fingerprint density at radius 1 is 1.21 bits per heavy atom. The van der Waals surface area contributed by atoms with E-state index >= 15 is 0 Å². The van der Waals surface area contributed by atoms with Crippen molar-refractivity contribution in [2.75, 3.05) is 13.2 Å². The van der Waals surface area contributed by atoms with Crippen molar-refractivity contribution in [1.82, 2.24) is 0 Å². The van der Waals surface area contributed by atoms with Crippen LogP contribution in [0.25, 0.3) is 0 Å². The number of hydrogen-bond acceptors (Lipinski definition) is 8. The summed E-state index contributed by atoms with van der Waals surface area (Å²) >= 11 is 0. The highest BCUT2D eigenvalue weighted by Crippen LogP contribution is 2.43. The molecule has 2 saturated heterocycles. The van der Waals surface area contributed by atoms with Crippen molar-refractivity contribution in [2.45, 2.75) is 69.2 Å². The molecule has 7 atom stereocenters. The second-order valence-electron chi connectivity index (χ2n) is 6.23. The molecule has 7 unspecified atom stereocenters. The van der Waals surface area contributed by atoms with E-state index in [0.29, 0.717) is 0 Å². The van der Waals surface area contributed by atoms with Crippen LogP contribution in [0.4, 0.5) is 0 Å². The van der Waals surface area contributed by atoms with Crippen LogP contribution in [0.1, 0.15) is 26.7 Å². The fraction of sp³-hybridized carbons (Fsp3) is 1.00. The Balaban J connectivity index is 1.84. The van der Waals surface area contributed by atoms with Crippen molar-refractivity contribution in [3.8, 4) is 0 Å². The van der Waals surface area contributed by atoms with E-state index in [2.05, 4.69) is 0 Å².